The molecule has 1 heterocycles. The van der Waals surface area contributed by atoms with Gasteiger partial charge in [0.2, 0.25) is 0 Å². The number of alkyl halides is 3. The van der Waals surface area contributed by atoms with Gasteiger partial charge in [0.05, 0.1) is 5.56 Å². The fourth-order valence-corrected chi connectivity index (χ4v) is 2.23. The molecule has 2 aromatic rings. The maximum atomic E-state index is 12.9. The highest BCUT2D eigenvalue weighted by molar-refractivity contribution is 7.13. The van der Waals surface area contributed by atoms with Crippen LogP contribution >= 0.6 is 11.3 Å². The predicted octanol–water partition coefficient (Wildman–Crippen LogP) is 3.27. The standard InChI is InChI=1S/C14H9F3N2O3S/c15-14(16,17)10-4-2-1-3-8(10)7-9(12(21)22)11(20)19-13-18-5-6-23-13/h1-7H,(H,21,22)(H,18,19,20)/b9-7-. The monoisotopic (exact) mass is 342 g/mol. The van der Waals surface area contributed by atoms with Crippen LogP contribution in [0.3, 0.4) is 0 Å². The summed E-state index contributed by atoms with van der Waals surface area (Å²) in [7, 11) is 0. The molecule has 0 aliphatic rings. The van der Waals surface area contributed by atoms with Crippen LogP contribution in [0.4, 0.5) is 18.3 Å². The molecule has 0 aliphatic heterocycles. The Kier molecular flexibility index (Phi) is 4.80. The highest BCUT2D eigenvalue weighted by Crippen LogP contribution is 2.32. The van der Waals surface area contributed by atoms with Crippen LogP contribution < -0.4 is 5.32 Å². The molecule has 9 heteroatoms. The maximum absolute atomic E-state index is 12.9. The summed E-state index contributed by atoms with van der Waals surface area (Å²) >= 11 is 1.05. The molecule has 5 nitrogen and oxygen atoms in total. The second-order valence-corrected chi connectivity index (χ2v) is 5.13. The van der Waals surface area contributed by atoms with Gasteiger partial charge in [-0.15, -0.1) is 11.3 Å². The number of carboxylic acid groups (broad SMARTS) is 1. The van der Waals surface area contributed by atoms with Crippen LogP contribution in [0.25, 0.3) is 6.08 Å². The predicted molar refractivity (Wildman–Crippen MR) is 77.8 cm³/mol. The first-order valence-corrected chi connectivity index (χ1v) is 6.99. The number of amides is 1. The number of halogens is 3. The molecule has 120 valence electrons. The first kappa shape index (κ1) is 16.7. The Hall–Kier alpha value is -2.68. The molecule has 2 N–H and O–H groups in total. The highest BCUT2D eigenvalue weighted by Gasteiger charge is 2.33. The van der Waals surface area contributed by atoms with Crippen molar-refractivity contribution in [2.75, 3.05) is 5.32 Å². The van der Waals surface area contributed by atoms with Gasteiger partial charge in [-0.25, -0.2) is 9.78 Å². The van der Waals surface area contributed by atoms with Crippen molar-refractivity contribution in [1.29, 1.82) is 0 Å². The summed E-state index contributed by atoms with van der Waals surface area (Å²) in [5.41, 5.74) is -2.26. The Morgan fingerprint density at radius 2 is 1.96 bits per heavy atom. The zero-order chi connectivity index (χ0) is 17.0. The summed E-state index contributed by atoms with van der Waals surface area (Å²) in [6, 6.07) is 4.39. The fraction of sp³-hybridized carbons (Fsp3) is 0.0714. The lowest BCUT2D eigenvalue weighted by atomic mass is 10.0. The first-order valence-electron chi connectivity index (χ1n) is 6.11. The van der Waals surface area contributed by atoms with Crippen molar-refractivity contribution in [3.63, 3.8) is 0 Å². The molecule has 1 aromatic carbocycles. The van der Waals surface area contributed by atoms with E-state index in [0.29, 0.717) is 6.08 Å². The number of hydrogen-bond acceptors (Lipinski definition) is 4. The summed E-state index contributed by atoms with van der Waals surface area (Å²) in [6.45, 7) is 0. The number of nitrogens with zero attached hydrogens (tertiary/aromatic N) is 1. The topological polar surface area (TPSA) is 79.3 Å². The molecule has 23 heavy (non-hydrogen) atoms. The molecule has 0 fully saturated rings. The molecule has 0 saturated carbocycles. The number of carbonyl (C=O) groups excluding carboxylic acids is 1. The van der Waals surface area contributed by atoms with Gasteiger partial charge in [0.25, 0.3) is 5.91 Å². The zero-order valence-corrected chi connectivity index (χ0v) is 12.1. The zero-order valence-electron chi connectivity index (χ0n) is 11.3. The summed E-state index contributed by atoms with van der Waals surface area (Å²) < 4.78 is 38.8. The van der Waals surface area contributed by atoms with Crippen molar-refractivity contribution in [3.8, 4) is 0 Å². The molecule has 1 aromatic heterocycles. The Balaban J connectivity index is 2.40. The Labute approximate surface area is 132 Å². The molecule has 1 amide bonds. The van der Waals surface area contributed by atoms with E-state index in [4.69, 9.17) is 5.11 Å². The van der Waals surface area contributed by atoms with Gasteiger partial charge in [-0.2, -0.15) is 13.2 Å². The van der Waals surface area contributed by atoms with Gasteiger partial charge in [0.1, 0.15) is 5.57 Å². The summed E-state index contributed by atoms with van der Waals surface area (Å²) in [5, 5.41) is 13.0. The third-order valence-corrected chi connectivity index (χ3v) is 3.38. The van der Waals surface area contributed by atoms with Gasteiger partial charge in [0, 0.05) is 11.6 Å². The van der Waals surface area contributed by atoms with E-state index in [9.17, 15) is 22.8 Å². The molecular formula is C14H9F3N2O3S. The van der Waals surface area contributed by atoms with Crippen molar-refractivity contribution in [2.45, 2.75) is 6.18 Å². The third-order valence-electron chi connectivity index (χ3n) is 2.69. The fourth-order valence-electron chi connectivity index (χ4n) is 1.71. The van der Waals surface area contributed by atoms with Crippen molar-refractivity contribution in [2.24, 2.45) is 0 Å². The number of thiazole rings is 1. The van der Waals surface area contributed by atoms with Crippen molar-refractivity contribution >= 4 is 34.4 Å². The van der Waals surface area contributed by atoms with E-state index in [2.05, 4.69) is 10.3 Å². The summed E-state index contributed by atoms with van der Waals surface area (Å²) in [6.07, 6.45) is -2.58. The van der Waals surface area contributed by atoms with Crippen LogP contribution in [-0.4, -0.2) is 22.0 Å². The van der Waals surface area contributed by atoms with Crippen LogP contribution in [0.2, 0.25) is 0 Å². The average Bonchev–Trinajstić information content (AvgIpc) is 2.96. The lowest BCUT2D eigenvalue weighted by Gasteiger charge is -2.10. The third kappa shape index (κ3) is 4.16. The van der Waals surface area contributed by atoms with E-state index < -0.39 is 34.8 Å². The number of rotatable bonds is 4. The maximum Gasteiger partial charge on any atom is 0.416 e. The van der Waals surface area contributed by atoms with Gasteiger partial charge >= 0.3 is 12.1 Å². The lowest BCUT2D eigenvalue weighted by Crippen LogP contribution is -2.20. The highest BCUT2D eigenvalue weighted by atomic mass is 32.1. The summed E-state index contributed by atoms with van der Waals surface area (Å²) in [5.74, 6) is -2.69. The smallest absolute Gasteiger partial charge is 0.416 e. The van der Waals surface area contributed by atoms with E-state index in [0.717, 1.165) is 23.5 Å². The molecule has 0 spiro atoms. The number of benzene rings is 1. The second-order valence-electron chi connectivity index (χ2n) is 4.24. The number of nitrogens with one attached hydrogen (secondary N) is 1. The van der Waals surface area contributed by atoms with E-state index >= 15 is 0 Å². The SMILES string of the molecule is O=C(O)/C(=C\c1ccccc1C(F)(F)F)C(=O)Nc1nccs1. The van der Waals surface area contributed by atoms with Crippen LogP contribution in [0, 0.1) is 0 Å². The van der Waals surface area contributed by atoms with Crippen LogP contribution in [0.1, 0.15) is 11.1 Å². The van der Waals surface area contributed by atoms with E-state index in [1.165, 1.54) is 18.3 Å². The molecule has 0 unspecified atom stereocenters. The number of aliphatic carboxylic acids is 1. The Bertz CT molecular complexity index is 755. The molecular weight excluding hydrogens is 333 g/mol. The number of carbonyl (C=O) groups is 2. The largest absolute Gasteiger partial charge is 0.477 e. The van der Waals surface area contributed by atoms with Gasteiger partial charge in [-0.05, 0) is 17.7 Å². The van der Waals surface area contributed by atoms with Crippen LogP contribution in [0.15, 0.2) is 41.4 Å². The van der Waals surface area contributed by atoms with Gasteiger partial charge in [-0.1, -0.05) is 18.2 Å². The van der Waals surface area contributed by atoms with Gasteiger partial charge in [-0.3, -0.25) is 10.1 Å². The number of aromatic nitrogens is 1. The molecule has 2 rings (SSSR count). The van der Waals surface area contributed by atoms with E-state index in [1.54, 1.807) is 5.38 Å². The Morgan fingerprint density at radius 1 is 1.26 bits per heavy atom. The van der Waals surface area contributed by atoms with Crippen molar-refractivity contribution in [1.82, 2.24) is 4.98 Å². The van der Waals surface area contributed by atoms with Crippen LogP contribution in [-0.2, 0) is 15.8 Å². The minimum absolute atomic E-state index is 0.145. The number of hydrogen-bond donors (Lipinski definition) is 2. The van der Waals surface area contributed by atoms with E-state index in [-0.39, 0.29) is 5.13 Å². The minimum atomic E-state index is -4.66. The molecule has 0 radical (unpaired) electrons. The first-order chi connectivity index (χ1) is 10.8. The van der Waals surface area contributed by atoms with Crippen molar-refractivity contribution < 1.29 is 27.9 Å². The summed E-state index contributed by atoms with van der Waals surface area (Å²) in [4.78, 5) is 26.9. The van der Waals surface area contributed by atoms with Gasteiger partial charge < -0.3 is 5.11 Å². The number of anilines is 1. The van der Waals surface area contributed by atoms with E-state index in [1.807, 2.05) is 0 Å². The molecule has 0 saturated heterocycles. The Morgan fingerprint density at radius 3 is 2.52 bits per heavy atom. The quantitative estimate of drug-likeness (QED) is 0.508. The normalized spacial score (nSPS) is 12.0. The van der Waals surface area contributed by atoms with Crippen molar-refractivity contribution in [3.05, 3.63) is 52.5 Å². The van der Waals surface area contributed by atoms with Crippen LogP contribution in [0.5, 0.6) is 0 Å². The second kappa shape index (κ2) is 6.61. The molecule has 0 bridgehead atoms. The lowest BCUT2D eigenvalue weighted by molar-refractivity contribution is -0.138. The number of carboxylic acids is 1. The molecule has 0 aliphatic carbocycles. The molecule has 0 atom stereocenters. The average molecular weight is 342 g/mol. The van der Waals surface area contributed by atoms with Gasteiger partial charge in [0.15, 0.2) is 5.13 Å². The minimum Gasteiger partial charge on any atom is -0.477 e.